The van der Waals surface area contributed by atoms with Crippen LogP contribution in [0.15, 0.2) is 54.7 Å². The molecule has 7 nitrogen and oxygen atoms in total. The van der Waals surface area contributed by atoms with Crippen LogP contribution in [0.2, 0.25) is 0 Å². The van der Waals surface area contributed by atoms with Crippen LogP contribution >= 0.6 is 0 Å². The smallest absolute Gasteiger partial charge is 0.423 e. The molecular formula is C16H13BN4O3. The molecule has 4 rings (SSSR count). The number of hydrogen-bond donors (Lipinski definition) is 2. The number of anilines is 1. The van der Waals surface area contributed by atoms with Crippen molar-refractivity contribution in [3.05, 3.63) is 66.0 Å². The topological polar surface area (TPSA) is 89.3 Å². The third-order valence-corrected chi connectivity index (χ3v) is 3.81. The molecule has 0 saturated heterocycles. The van der Waals surface area contributed by atoms with Crippen molar-refractivity contribution in [3.8, 4) is 5.69 Å². The van der Waals surface area contributed by atoms with E-state index in [-0.39, 0.29) is 11.6 Å². The normalized spacial score (nSPS) is 13.0. The minimum Gasteiger partial charge on any atom is -0.423 e. The van der Waals surface area contributed by atoms with Crippen LogP contribution in [0.4, 0.5) is 5.69 Å². The number of carbonyl (C=O) groups is 1. The Kier molecular flexibility index (Phi) is 3.60. The molecule has 118 valence electrons. The summed E-state index contributed by atoms with van der Waals surface area (Å²) in [4.78, 5) is 12.3. The van der Waals surface area contributed by atoms with Gasteiger partial charge in [-0.1, -0.05) is 29.5 Å². The number of nitrogens with zero attached hydrogens (tertiary/aromatic N) is 3. The van der Waals surface area contributed by atoms with Crippen LogP contribution in [-0.4, -0.2) is 33.0 Å². The van der Waals surface area contributed by atoms with Crippen LogP contribution in [0.1, 0.15) is 16.1 Å². The molecule has 0 fully saturated rings. The highest BCUT2D eigenvalue weighted by molar-refractivity contribution is 6.61. The third-order valence-electron chi connectivity index (χ3n) is 3.81. The molecule has 0 aliphatic carbocycles. The molecule has 0 radical (unpaired) electrons. The zero-order chi connectivity index (χ0) is 16.5. The summed E-state index contributed by atoms with van der Waals surface area (Å²) in [6.07, 6.45) is 1.57. The highest BCUT2D eigenvalue weighted by Gasteiger charge is 2.27. The fourth-order valence-electron chi connectivity index (χ4n) is 2.56. The molecule has 1 aromatic heterocycles. The second-order valence-electron chi connectivity index (χ2n) is 5.41. The number of amides is 1. The van der Waals surface area contributed by atoms with Crippen LogP contribution in [0, 0.1) is 0 Å². The van der Waals surface area contributed by atoms with Gasteiger partial charge in [0.2, 0.25) is 0 Å². The standard InChI is InChI=1S/C16H13BN4O3/c22-16(15-9-21(20-19-15)13-4-2-1-3-5-13)18-12-7-6-11-10-24-17(23)14(11)8-12/h1-9,23H,10H2,(H,18,22). The second-order valence-corrected chi connectivity index (χ2v) is 5.41. The fourth-order valence-corrected chi connectivity index (χ4v) is 2.56. The van der Waals surface area contributed by atoms with Crippen molar-refractivity contribution in [3.63, 3.8) is 0 Å². The lowest BCUT2D eigenvalue weighted by Gasteiger charge is -2.05. The molecule has 0 atom stereocenters. The Hall–Kier alpha value is -2.97. The largest absolute Gasteiger partial charge is 0.491 e. The summed E-state index contributed by atoms with van der Waals surface area (Å²) in [7, 11) is -0.948. The minimum atomic E-state index is -0.948. The predicted octanol–water partition coefficient (Wildman–Crippen LogP) is 0.737. The van der Waals surface area contributed by atoms with E-state index in [0.717, 1.165) is 11.3 Å². The van der Waals surface area contributed by atoms with E-state index in [1.54, 1.807) is 18.3 Å². The Morgan fingerprint density at radius 2 is 2.08 bits per heavy atom. The van der Waals surface area contributed by atoms with Crippen molar-refractivity contribution in [1.82, 2.24) is 15.0 Å². The van der Waals surface area contributed by atoms with Crippen LogP contribution in [0.5, 0.6) is 0 Å². The fraction of sp³-hybridized carbons (Fsp3) is 0.0625. The Morgan fingerprint density at radius 1 is 1.25 bits per heavy atom. The first-order valence-electron chi connectivity index (χ1n) is 7.42. The number of nitrogens with one attached hydrogen (secondary N) is 1. The van der Waals surface area contributed by atoms with E-state index in [2.05, 4.69) is 15.6 Å². The van der Waals surface area contributed by atoms with Gasteiger partial charge in [-0.25, -0.2) is 4.68 Å². The summed E-state index contributed by atoms with van der Waals surface area (Å²) < 4.78 is 6.67. The number of fused-ring (bicyclic) bond motifs is 1. The minimum absolute atomic E-state index is 0.205. The molecule has 0 unspecified atom stereocenters. The van der Waals surface area contributed by atoms with E-state index in [4.69, 9.17) is 4.65 Å². The van der Waals surface area contributed by atoms with Gasteiger partial charge >= 0.3 is 7.12 Å². The molecule has 8 heteroatoms. The van der Waals surface area contributed by atoms with E-state index >= 15 is 0 Å². The van der Waals surface area contributed by atoms with Crippen molar-refractivity contribution in [2.75, 3.05) is 5.32 Å². The first kappa shape index (κ1) is 14.6. The van der Waals surface area contributed by atoms with E-state index in [0.29, 0.717) is 17.8 Å². The lowest BCUT2D eigenvalue weighted by atomic mass is 9.79. The molecule has 2 heterocycles. The molecule has 1 aliphatic heterocycles. The van der Waals surface area contributed by atoms with E-state index in [1.807, 2.05) is 36.4 Å². The van der Waals surface area contributed by atoms with Gasteiger partial charge in [0.25, 0.3) is 5.91 Å². The van der Waals surface area contributed by atoms with Crippen LogP contribution in [-0.2, 0) is 11.3 Å². The van der Waals surface area contributed by atoms with Gasteiger partial charge in [0.15, 0.2) is 5.69 Å². The van der Waals surface area contributed by atoms with Gasteiger partial charge < -0.3 is 15.0 Å². The van der Waals surface area contributed by atoms with Crippen molar-refractivity contribution >= 4 is 24.2 Å². The highest BCUT2D eigenvalue weighted by Crippen LogP contribution is 2.15. The van der Waals surface area contributed by atoms with Crippen LogP contribution < -0.4 is 10.8 Å². The van der Waals surface area contributed by atoms with Crippen molar-refractivity contribution in [1.29, 1.82) is 0 Å². The van der Waals surface area contributed by atoms with Gasteiger partial charge in [-0.05, 0) is 35.3 Å². The summed E-state index contributed by atoms with van der Waals surface area (Å²) >= 11 is 0. The lowest BCUT2D eigenvalue weighted by molar-refractivity contribution is 0.102. The Bertz CT molecular complexity index is 897. The Labute approximate surface area is 138 Å². The zero-order valence-corrected chi connectivity index (χ0v) is 12.6. The third kappa shape index (κ3) is 2.68. The first-order valence-corrected chi connectivity index (χ1v) is 7.42. The maximum Gasteiger partial charge on any atom is 0.491 e. The summed E-state index contributed by atoms with van der Waals surface area (Å²) in [5.41, 5.74) is 3.17. The molecule has 24 heavy (non-hydrogen) atoms. The van der Waals surface area contributed by atoms with Gasteiger partial charge in [-0.3, -0.25) is 4.79 Å². The molecule has 2 N–H and O–H groups in total. The number of benzene rings is 2. The van der Waals surface area contributed by atoms with Crippen molar-refractivity contribution < 1.29 is 14.5 Å². The molecule has 3 aromatic rings. The van der Waals surface area contributed by atoms with Gasteiger partial charge in [-0.2, -0.15) is 0 Å². The molecule has 1 aliphatic rings. The second kappa shape index (κ2) is 5.91. The Morgan fingerprint density at radius 3 is 2.92 bits per heavy atom. The average Bonchev–Trinajstić information content (AvgIpc) is 3.24. The SMILES string of the molecule is O=C(Nc1ccc2c(c1)B(O)OC2)c1cn(-c2ccccc2)nn1. The number of carbonyl (C=O) groups excluding carboxylic acids is 1. The molecule has 0 saturated carbocycles. The zero-order valence-electron chi connectivity index (χ0n) is 12.6. The van der Waals surface area contributed by atoms with Crippen molar-refractivity contribution in [2.24, 2.45) is 0 Å². The summed E-state index contributed by atoms with van der Waals surface area (Å²) in [6.45, 7) is 0.371. The monoisotopic (exact) mass is 320 g/mol. The van der Waals surface area contributed by atoms with Crippen molar-refractivity contribution in [2.45, 2.75) is 6.61 Å². The van der Waals surface area contributed by atoms with E-state index in [9.17, 15) is 9.82 Å². The van der Waals surface area contributed by atoms with Gasteiger partial charge in [0.1, 0.15) is 0 Å². The van der Waals surface area contributed by atoms with E-state index in [1.165, 1.54) is 4.68 Å². The quantitative estimate of drug-likeness (QED) is 0.695. The summed E-state index contributed by atoms with van der Waals surface area (Å²) in [5.74, 6) is -0.370. The van der Waals surface area contributed by atoms with Crippen LogP contribution in [0.25, 0.3) is 5.69 Å². The number of para-hydroxylation sites is 1. The lowest BCUT2D eigenvalue weighted by Crippen LogP contribution is -2.28. The maximum atomic E-state index is 12.3. The summed E-state index contributed by atoms with van der Waals surface area (Å²) in [5, 5.41) is 20.3. The van der Waals surface area contributed by atoms with Gasteiger partial charge in [-0.15, -0.1) is 5.10 Å². The molecular weight excluding hydrogens is 307 g/mol. The van der Waals surface area contributed by atoms with Gasteiger partial charge in [0, 0.05) is 5.69 Å². The summed E-state index contributed by atoms with van der Waals surface area (Å²) in [6, 6.07) is 14.7. The first-order chi connectivity index (χ1) is 11.7. The number of hydrogen-bond acceptors (Lipinski definition) is 5. The van der Waals surface area contributed by atoms with Gasteiger partial charge in [0.05, 0.1) is 18.5 Å². The average molecular weight is 320 g/mol. The molecule has 0 spiro atoms. The Balaban J connectivity index is 1.53. The molecule has 1 amide bonds. The highest BCUT2D eigenvalue weighted by atomic mass is 16.5. The van der Waals surface area contributed by atoms with Crippen LogP contribution in [0.3, 0.4) is 0 Å². The molecule has 2 aromatic carbocycles. The van der Waals surface area contributed by atoms with E-state index < -0.39 is 7.12 Å². The maximum absolute atomic E-state index is 12.3. The molecule has 0 bridgehead atoms. The number of rotatable bonds is 3. The number of aromatic nitrogens is 3. The predicted molar refractivity (Wildman–Crippen MR) is 88.2 cm³/mol.